The first-order valence-corrected chi connectivity index (χ1v) is 14.7. The van der Waals surface area contributed by atoms with Crippen LogP contribution in [0.25, 0.3) is 0 Å². The van der Waals surface area contributed by atoms with Crippen LogP contribution in [0.4, 0.5) is 0 Å². The lowest BCUT2D eigenvalue weighted by Crippen LogP contribution is -2.27. The molecule has 8 nitrogen and oxygen atoms in total. The number of unbranched alkanes of at least 4 members (excludes halogenated alkanes) is 13. The number of nitrogens with two attached hydrogens (primary N) is 1. The number of aliphatic hydroxyl groups excluding tert-OH is 1. The minimum Gasteiger partial charge on any atom is -0.457 e. The standard InChI is InChI=1S/C25H50NO7P/c1-2-3-4-5-6-7-8-9-10-11-12-13-14-15-16-17-18-19-25(28)33-24(22-27)23-32-34(29,30)31-21-20-26/h9-10,24,27H,2-8,11-23,26H2,1H3,(H,29,30)/b10-9-/t24-/m1/s1. The normalized spacial score (nSPS) is 14.4. The number of esters is 1. The van der Waals surface area contributed by atoms with Crippen LogP contribution in [0.1, 0.15) is 110 Å². The average molecular weight is 508 g/mol. The third-order valence-corrected chi connectivity index (χ3v) is 6.42. The monoisotopic (exact) mass is 507 g/mol. The summed E-state index contributed by atoms with van der Waals surface area (Å²) in [6, 6.07) is 0. The van der Waals surface area contributed by atoms with Gasteiger partial charge in [0.2, 0.25) is 0 Å². The maximum Gasteiger partial charge on any atom is 0.472 e. The molecule has 0 aromatic carbocycles. The number of rotatable bonds is 25. The van der Waals surface area contributed by atoms with Crippen molar-refractivity contribution in [1.29, 1.82) is 0 Å². The molecule has 0 aromatic heterocycles. The molecule has 0 amide bonds. The first-order chi connectivity index (χ1) is 16.4. The summed E-state index contributed by atoms with van der Waals surface area (Å²) in [5.74, 6) is -0.453. The summed E-state index contributed by atoms with van der Waals surface area (Å²) in [5, 5.41) is 9.27. The predicted octanol–water partition coefficient (Wildman–Crippen LogP) is 5.80. The molecule has 0 aliphatic rings. The molecule has 202 valence electrons. The van der Waals surface area contributed by atoms with E-state index in [1.807, 2.05) is 0 Å². The SMILES string of the molecule is CCCCCCCC/C=C\CCCCCCCCCC(=O)O[C@H](CO)COP(=O)(O)OCCN. The van der Waals surface area contributed by atoms with Gasteiger partial charge in [0.05, 0.1) is 19.8 Å². The van der Waals surface area contributed by atoms with Crippen LogP contribution in [-0.4, -0.2) is 48.4 Å². The van der Waals surface area contributed by atoms with E-state index in [0.717, 1.165) is 25.7 Å². The second-order valence-corrected chi connectivity index (χ2v) is 10.2. The quantitative estimate of drug-likeness (QED) is 0.0612. The van der Waals surface area contributed by atoms with Gasteiger partial charge in [0, 0.05) is 13.0 Å². The van der Waals surface area contributed by atoms with E-state index in [0.29, 0.717) is 0 Å². The molecule has 34 heavy (non-hydrogen) atoms. The van der Waals surface area contributed by atoms with Gasteiger partial charge in [-0.15, -0.1) is 0 Å². The Labute approximate surface area is 207 Å². The highest BCUT2D eigenvalue weighted by Gasteiger charge is 2.24. The summed E-state index contributed by atoms with van der Waals surface area (Å²) in [5.41, 5.74) is 5.20. The highest BCUT2D eigenvalue weighted by Crippen LogP contribution is 2.42. The molecular weight excluding hydrogens is 457 g/mol. The van der Waals surface area contributed by atoms with Gasteiger partial charge >= 0.3 is 13.8 Å². The molecule has 0 aliphatic carbocycles. The lowest BCUT2D eigenvalue weighted by molar-refractivity contribution is -0.153. The Balaban J connectivity index is 3.57. The average Bonchev–Trinajstić information content (AvgIpc) is 2.82. The Kier molecular flexibility index (Phi) is 23.4. The first-order valence-electron chi connectivity index (χ1n) is 13.2. The summed E-state index contributed by atoms with van der Waals surface area (Å²) in [7, 11) is -4.26. The molecule has 0 aromatic rings. The summed E-state index contributed by atoms with van der Waals surface area (Å²) in [6.45, 7) is 1.27. The zero-order valence-corrected chi connectivity index (χ0v) is 22.2. The summed E-state index contributed by atoms with van der Waals surface area (Å²) in [6.07, 6.45) is 22.0. The maximum atomic E-state index is 11.9. The van der Waals surface area contributed by atoms with Crippen LogP contribution in [0.15, 0.2) is 12.2 Å². The van der Waals surface area contributed by atoms with Crippen molar-refractivity contribution < 1.29 is 33.1 Å². The molecule has 0 fully saturated rings. The van der Waals surface area contributed by atoms with Gasteiger partial charge < -0.3 is 20.5 Å². The molecule has 0 heterocycles. The lowest BCUT2D eigenvalue weighted by Gasteiger charge is -2.17. The summed E-state index contributed by atoms with van der Waals surface area (Å²) >= 11 is 0. The molecule has 0 bridgehead atoms. The third-order valence-electron chi connectivity index (χ3n) is 5.44. The van der Waals surface area contributed by atoms with Crippen molar-refractivity contribution in [3.63, 3.8) is 0 Å². The first kappa shape index (κ1) is 33.2. The van der Waals surface area contributed by atoms with Gasteiger partial charge in [-0.05, 0) is 32.1 Å². The topological polar surface area (TPSA) is 128 Å². The number of aliphatic hydroxyl groups is 1. The molecule has 0 radical (unpaired) electrons. The van der Waals surface area contributed by atoms with Gasteiger partial charge in [0.15, 0.2) is 0 Å². The molecule has 0 spiro atoms. The maximum absolute atomic E-state index is 11.9. The number of hydrogen-bond donors (Lipinski definition) is 3. The van der Waals surface area contributed by atoms with E-state index in [4.69, 9.17) is 15.0 Å². The van der Waals surface area contributed by atoms with E-state index in [1.165, 1.54) is 70.6 Å². The van der Waals surface area contributed by atoms with Crippen molar-refractivity contribution in [3.05, 3.63) is 12.2 Å². The van der Waals surface area contributed by atoms with Crippen LogP contribution < -0.4 is 5.73 Å². The molecule has 0 rings (SSSR count). The molecule has 0 aliphatic heterocycles. The number of allylic oxidation sites excluding steroid dienone is 2. The van der Waals surface area contributed by atoms with Crippen LogP contribution in [0.3, 0.4) is 0 Å². The Morgan fingerprint density at radius 3 is 1.94 bits per heavy atom. The molecule has 0 saturated heterocycles. The highest BCUT2D eigenvalue weighted by atomic mass is 31.2. The van der Waals surface area contributed by atoms with Crippen molar-refractivity contribution in [2.45, 2.75) is 116 Å². The molecule has 4 N–H and O–H groups in total. The lowest BCUT2D eigenvalue weighted by atomic mass is 10.1. The molecular formula is C25H50NO7P. The molecule has 2 atom stereocenters. The Bertz CT molecular complexity index is 545. The van der Waals surface area contributed by atoms with E-state index in [-0.39, 0.29) is 19.6 Å². The Hall–Kier alpha value is -0.760. The number of ether oxygens (including phenoxy) is 1. The van der Waals surface area contributed by atoms with Crippen molar-refractivity contribution in [2.24, 2.45) is 5.73 Å². The predicted molar refractivity (Wildman–Crippen MR) is 136 cm³/mol. The van der Waals surface area contributed by atoms with E-state index < -0.39 is 33.1 Å². The number of phosphoric acid groups is 1. The van der Waals surface area contributed by atoms with E-state index in [2.05, 4.69) is 23.6 Å². The van der Waals surface area contributed by atoms with Crippen molar-refractivity contribution in [1.82, 2.24) is 0 Å². The largest absolute Gasteiger partial charge is 0.472 e. The number of carbonyl (C=O) groups is 1. The smallest absolute Gasteiger partial charge is 0.457 e. The summed E-state index contributed by atoms with van der Waals surface area (Å²) in [4.78, 5) is 21.3. The van der Waals surface area contributed by atoms with Gasteiger partial charge in [-0.3, -0.25) is 13.8 Å². The van der Waals surface area contributed by atoms with Crippen LogP contribution in [0.5, 0.6) is 0 Å². The van der Waals surface area contributed by atoms with Gasteiger partial charge in [0.25, 0.3) is 0 Å². The number of carbonyl (C=O) groups excluding carboxylic acids is 1. The minimum atomic E-state index is -4.26. The zero-order valence-electron chi connectivity index (χ0n) is 21.3. The summed E-state index contributed by atoms with van der Waals surface area (Å²) < 4.78 is 26.0. The van der Waals surface area contributed by atoms with Crippen molar-refractivity contribution >= 4 is 13.8 Å². The van der Waals surface area contributed by atoms with E-state index in [1.54, 1.807) is 0 Å². The van der Waals surface area contributed by atoms with Gasteiger partial charge in [-0.1, -0.05) is 83.3 Å². The molecule has 9 heteroatoms. The third kappa shape index (κ3) is 23.0. The van der Waals surface area contributed by atoms with E-state index in [9.17, 15) is 19.4 Å². The molecule has 1 unspecified atom stereocenters. The van der Waals surface area contributed by atoms with Gasteiger partial charge in [-0.25, -0.2) is 4.57 Å². The highest BCUT2D eigenvalue weighted by molar-refractivity contribution is 7.47. The fourth-order valence-electron chi connectivity index (χ4n) is 3.45. The van der Waals surface area contributed by atoms with Crippen LogP contribution in [0.2, 0.25) is 0 Å². The fraction of sp³-hybridized carbons (Fsp3) is 0.880. The van der Waals surface area contributed by atoms with E-state index >= 15 is 0 Å². The molecule has 0 saturated carbocycles. The second-order valence-electron chi connectivity index (χ2n) is 8.72. The fourth-order valence-corrected chi connectivity index (χ4v) is 4.21. The Morgan fingerprint density at radius 2 is 1.41 bits per heavy atom. The minimum absolute atomic E-state index is 0.0724. The second kappa shape index (κ2) is 24.0. The Morgan fingerprint density at radius 1 is 0.882 bits per heavy atom. The van der Waals surface area contributed by atoms with Gasteiger partial charge in [0.1, 0.15) is 6.10 Å². The number of hydrogen-bond acceptors (Lipinski definition) is 7. The van der Waals surface area contributed by atoms with Crippen LogP contribution in [0, 0.1) is 0 Å². The van der Waals surface area contributed by atoms with Crippen LogP contribution in [-0.2, 0) is 23.1 Å². The zero-order chi connectivity index (χ0) is 25.3. The van der Waals surface area contributed by atoms with Crippen LogP contribution >= 0.6 is 7.82 Å². The van der Waals surface area contributed by atoms with Gasteiger partial charge in [-0.2, -0.15) is 0 Å². The van der Waals surface area contributed by atoms with Crippen molar-refractivity contribution in [2.75, 3.05) is 26.4 Å². The van der Waals surface area contributed by atoms with Crippen molar-refractivity contribution in [3.8, 4) is 0 Å². The number of phosphoric ester groups is 1.